The second kappa shape index (κ2) is 5.36. The third-order valence-corrected chi connectivity index (χ3v) is 2.19. The molecule has 0 unspecified atom stereocenters. The molecule has 3 N–H and O–H groups in total. The van der Waals surface area contributed by atoms with Crippen molar-refractivity contribution in [2.24, 2.45) is 0 Å². The molecule has 5 nitrogen and oxygen atoms in total. The molecular formula is C11H10ClNO4. The predicted molar refractivity (Wildman–Crippen MR) is 63.2 cm³/mol. The number of hydrogen-bond acceptors (Lipinski definition) is 3. The highest BCUT2D eigenvalue weighted by Crippen LogP contribution is 2.20. The van der Waals surface area contributed by atoms with E-state index in [4.69, 9.17) is 21.8 Å². The standard InChI is InChI=1S/C11H10ClNO4/c1-6-4-7(12)2-3-8(6)13-9(11(16)17)5-10(14)15/h2-5,13H,1H3,(H,14,15)(H,16,17)/b9-5-. The van der Waals surface area contributed by atoms with Crippen LogP contribution in [0.25, 0.3) is 0 Å². The van der Waals surface area contributed by atoms with Crippen molar-refractivity contribution in [2.45, 2.75) is 6.92 Å². The maximum absolute atomic E-state index is 10.8. The topological polar surface area (TPSA) is 86.6 Å². The Bertz CT molecular complexity index is 496. The molecule has 0 atom stereocenters. The van der Waals surface area contributed by atoms with Crippen LogP contribution in [-0.4, -0.2) is 22.2 Å². The van der Waals surface area contributed by atoms with Crippen molar-refractivity contribution in [3.05, 3.63) is 40.6 Å². The lowest BCUT2D eigenvalue weighted by Crippen LogP contribution is -2.13. The van der Waals surface area contributed by atoms with Crippen molar-refractivity contribution >= 4 is 29.2 Å². The van der Waals surface area contributed by atoms with Gasteiger partial charge in [-0.1, -0.05) is 11.6 Å². The van der Waals surface area contributed by atoms with Gasteiger partial charge in [0.25, 0.3) is 0 Å². The number of halogens is 1. The van der Waals surface area contributed by atoms with Crippen molar-refractivity contribution in [1.82, 2.24) is 0 Å². The van der Waals surface area contributed by atoms with E-state index in [1.54, 1.807) is 25.1 Å². The first-order valence-electron chi connectivity index (χ1n) is 4.61. The summed E-state index contributed by atoms with van der Waals surface area (Å²) in [5.41, 5.74) is 0.794. The van der Waals surface area contributed by atoms with E-state index in [1.807, 2.05) is 0 Å². The van der Waals surface area contributed by atoms with Crippen LogP contribution in [-0.2, 0) is 9.59 Å². The zero-order chi connectivity index (χ0) is 13.0. The molecule has 1 aromatic rings. The van der Waals surface area contributed by atoms with Crippen LogP contribution < -0.4 is 5.32 Å². The third kappa shape index (κ3) is 3.81. The molecule has 0 bridgehead atoms. The van der Waals surface area contributed by atoms with Gasteiger partial charge in [-0.15, -0.1) is 0 Å². The first-order valence-corrected chi connectivity index (χ1v) is 4.99. The maximum Gasteiger partial charge on any atom is 0.352 e. The summed E-state index contributed by atoms with van der Waals surface area (Å²) in [5, 5.41) is 20.4. The molecule has 17 heavy (non-hydrogen) atoms. The summed E-state index contributed by atoms with van der Waals surface area (Å²) >= 11 is 5.75. The highest BCUT2D eigenvalue weighted by molar-refractivity contribution is 6.30. The minimum atomic E-state index is -1.35. The summed E-state index contributed by atoms with van der Waals surface area (Å²) < 4.78 is 0. The van der Waals surface area contributed by atoms with Gasteiger partial charge in [-0.25, -0.2) is 9.59 Å². The average molecular weight is 256 g/mol. The number of aliphatic carboxylic acids is 2. The molecule has 0 saturated heterocycles. The predicted octanol–water partition coefficient (Wildman–Crippen LogP) is 2.11. The van der Waals surface area contributed by atoms with Gasteiger partial charge in [-0.2, -0.15) is 0 Å². The summed E-state index contributed by atoms with van der Waals surface area (Å²) in [5.74, 6) is -2.68. The minimum Gasteiger partial charge on any atom is -0.478 e. The molecule has 1 aromatic carbocycles. The SMILES string of the molecule is Cc1cc(Cl)ccc1N/C(=C\C(=O)O)C(=O)O. The van der Waals surface area contributed by atoms with Crippen molar-refractivity contribution in [2.75, 3.05) is 5.32 Å². The Morgan fingerprint density at radius 1 is 1.35 bits per heavy atom. The highest BCUT2D eigenvalue weighted by atomic mass is 35.5. The molecule has 0 heterocycles. The van der Waals surface area contributed by atoms with Crippen LogP contribution in [0.2, 0.25) is 5.02 Å². The fraction of sp³-hybridized carbons (Fsp3) is 0.0909. The van der Waals surface area contributed by atoms with Gasteiger partial charge in [0.1, 0.15) is 5.70 Å². The van der Waals surface area contributed by atoms with Gasteiger partial charge < -0.3 is 15.5 Å². The second-order valence-corrected chi connectivity index (χ2v) is 3.72. The first kappa shape index (κ1) is 13.1. The lowest BCUT2D eigenvalue weighted by Gasteiger charge is -2.09. The molecule has 0 spiro atoms. The fourth-order valence-electron chi connectivity index (χ4n) is 1.19. The Morgan fingerprint density at radius 2 is 2.00 bits per heavy atom. The molecule has 1 rings (SSSR count). The zero-order valence-electron chi connectivity index (χ0n) is 8.90. The van der Waals surface area contributed by atoms with Crippen LogP contribution in [0.5, 0.6) is 0 Å². The van der Waals surface area contributed by atoms with Gasteiger partial charge in [0.15, 0.2) is 0 Å². The molecule has 0 aromatic heterocycles. The van der Waals surface area contributed by atoms with Gasteiger partial charge in [-0.3, -0.25) is 0 Å². The summed E-state index contributed by atoms with van der Waals surface area (Å²) in [6.07, 6.45) is 0.594. The van der Waals surface area contributed by atoms with E-state index >= 15 is 0 Å². The summed E-state index contributed by atoms with van der Waals surface area (Å²) in [4.78, 5) is 21.2. The maximum atomic E-state index is 10.8. The smallest absolute Gasteiger partial charge is 0.352 e. The van der Waals surface area contributed by atoms with E-state index < -0.39 is 17.6 Å². The zero-order valence-corrected chi connectivity index (χ0v) is 9.65. The van der Waals surface area contributed by atoms with E-state index in [0.717, 1.165) is 5.56 Å². The van der Waals surface area contributed by atoms with E-state index in [-0.39, 0.29) is 0 Å². The average Bonchev–Trinajstić information content (AvgIpc) is 2.19. The molecular weight excluding hydrogens is 246 g/mol. The van der Waals surface area contributed by atoms with Crippen molar-refractivity contribution in [3.8, 4) is 0 Å². The molecule has 6 heteroatoms. The Labute approximate surface area is 102 Å². The largest absolute Gasteiger partial charge is 0.478 e. The summed E-state index contributed by atoms with van der Waals surface area (Å²) in [7, 11) is 0. The number of carboxylic acids is 2. The number of aryl methyl sites for hydroxylation is 1. The van der Waals surface area contributed by atoms with Gasteiger partial charge in [-0.05, 0) is 30.7 Å². The Balaban J connectivity index is 3.02. The number of benzene rings is 1. The molecule has 0 aliphatic rings. The van der Waals surface area contributed by atoms with Crippen molar-refractivity contribution < 1.29 is 19.8 Å². The lowest BCUT2D eigenvalue weighted by atomic mass is 10.2. The molecule has 0 amide bonds. The number of rotatable bonds is 4. The summed E-state index contributed by atoms with van der Waals surface area (Å²) in [6.45, 7) is 1.73. The first-order chi connectivity index (χ1) is 7.90. The van der Waals surface area contributed by atoms with E-state index in [2.05, 4.69) is 5.32 Å². The van der Waals surface area contributed by atoms with E-state index in [1.165, 1.54) is 0 Å². The van der Waals surface area contributed by atoms with Gasteiger partial charge in [0.2, 0.25) is 0 Å². The van der Waals surface area contributed by atoms with Gasteiger partial charge in [0, 0.05) is 10.7 Å². The van der Waals surface area contributed by atoms with Crippen LogP contribution in [0, 0.1) is 6.92 Å². The molecule has 0 aliphatic carbocycles. The number of carboxylic acid groups (broad SMARTS) is 2. The monoisotopic (exact) mass is 255 g/mol. The number of hydrogen-bond donors (Lipinski definition) is 3. The van der Waals surface area contributed by atoms with Crippen molar-refractivity contribution in [1.29, 1.82) is 0 Å². The van der Waals surface area contributed by atoms with Crippen LogP contribution in [0.15, 0.2) is 30.0 Å². The van der Waals surface area contributed by atoms with Gasteiger partial charge in [0.05, 0.1) is 6.08 Å². The Kier molecular flexibility index (Phi) is 4.12. The molecule has 0 radical (unpaired) electrons. The number of anilines is 1. The van der Waals surface area contributed by atoms with Crippen molar-refractivity contribution in [3.63, 3.8) is 0 Å². The summed E-state index contributed by atoms with van der Waals surface area (Å²) in [6, 6.07) is 4.80. The van der Waals surface area contributed by atoms with Crippen LogP contribution in [0.3, 0.4) is 0 Å². The normalized spacial score (nSPS) is 11.1. The van der Waals surface area contributed by atoms with E-state index in [0.29, 0.717) is 16.8 Å². The number of nitrogens with one attached hydrogen (secondary N) is 1. The molecule has 0 fully saturated rings. The number of carbonyl (C=O) groups is 2. The molecule has 0 saturated carbocycles. The lowest BCUT2D eigenvalue weighted by molar-refractivity contribution is -0.134. The highest BCUT2D eigenvalue weighted by Gasteiger charge is 2.11. The molecule has 90 valence electrons. The van der Waals surface area contributed by atoms with Crippen LogP contribution in [0.4, 0.5) is 5.69 Å². The van der Waals surface area contributed by atoms with Crippen LogP contribution >= 0.6 is 11.6 Å². The minimum absolute atomic E-state index is 0.414. The van der Waals surface area contributed by atoms with Crippen LogP contribution in [0.1, 0.15) is 5.56 Å². The Morgan fingerprint density at radius 3 is 2.47 bits per heavy atom. The third-order valence-electron chi connectivity index (χ3n) is 1.96. The van der Waals surface area contributed by atoms with E-state index in [9.17, 15) is 9.59 Å². The second-order valence-electron chi connectivity index (χ2n) is 3.29. The fourth-order valence-corrected chi connectivity index (χ4v) is 1.41. The van der Waals surface area contributed by atoms with Gasteiger partial charge >= 0.3 is 11.9 Å². The molecule has 0 aliphatic heterocycles. The Hall–Kier alpha value is -2.01. The quantitative estimate of drug-likeness (QED) is 0.718.